The van der Waals surface area contributed by atoms with Crippen molar-refractivity contribution in [2.24, 2.45) is 23.2 Å². The topological polar surface area (TPSA) is 43.4 Å². The normalized spacial score (nSPS) is 33.9. The summed E-state index contributed by atoms with van der Waals surface area (Å²) in [6.45, 7) is 14.3. The van der Waals surface area contributed by atoms with Crippen LogP contribution in [0.2, 0.25) is 0 Å². The first-order chi connectivity index (χ1) is 10.6. The van der Waals surface area contributed by atoms with Gasteiger partial charge in [-0.1, -0.05) is 45.4 Å². The van der Waals surface area contributed by atoms with Crippen molar-refractivity contribution in [2.45, 2.75) is 66.4 Å². The van der Waals surface area contributed by atoms with Gasteiger partial charge in [0.15, 0.2) is 5.78 Å². The Kier molecular flexibility index (Phi) is 5.17. The van der Waals surface area contributed by atoms with Crippen molar-refractivity contribution in [3.63, 3.8) is 0 Å². The molecule has 1 fully saturated rings. The van der Waals surface area contributed by atoms with Crippen molar-refractivity contribution in [3.05, 3.63) is 23.8 Å². The molecule has 0 N–H and O–H groups in total. The predicted octanol–water partition coefficient (Wildman–Crippen LogP) is 4.47. The molecule has 2 rings (SSSR count). The zero-order chi connectivity index (χ0) is 17.4. The Bertz CT molecular complexity index is 543. The largest absolute Gasteiger partial charge is 0.462 e. The summed E-state index contributed by atoms with van der Waals surface area (Å²) < 4.78 is 5.78. The third kappa shape index (κ3) is 3.59. The molecule has 0 heterocycles. The van der Waals surface area contributed by atoms with Gasteiger partial charge in [0.1, 0.15) is 6.10 Å². The van der Waals surface area contributed by atoms with Crippen molar-refractivity contribution in [3.8, 4) is 0 Å². The van der Waals surface area contributed by atoms with E-state index in [2.05, 4.69) is 20.4 Å². The second-order valence-corrected chi connectivity index (χ2v) is 8.05. The molecule has 0 radical (unpaired) electrons. The number of carbonyl (C=O) groups excluding carboxylic acids is 2. The summed E-state index contributed by atoms with van der Waals surface area (Å²) in [6.07, 6.45) is 4.70. The Balaban J connectivity index is 2.18. The molecule has 0 aliphatic heterocycles. The number of hydrogen-bond donors (Lipinski definition) is 0. The Hall–Kier alpha value is -1.38. The van der Waals surface area contributed by atoms with Crippen LogP contribution in [0.4, 0.5) is 0 Å². The van der Waals surface area contributed by atoms with Gasteiger partial charge in [-0.3, -0.25) is 9.59 Å². The highest BCUT2D eigenvalue weighted by molar-refractivity contribution is 5.95. The zero-order valence-corrected chi connectivity index (χ0v) is 15.1. The van der Waals surface area contributed by atoms with Crippen LogP contribution >= 0.6 is 0 Å². The zero-order valence-electron chi connectivity index (χ0n) is 15.1. The molecule has 0 aromatic rings. The first-order valence-corrected chi connectivity index (χ1v) is 8.75. The molecule has 0 spiro atoms. The molecule has 0 amide bonds. The number of hydrogen-bond acceptors (Lipinski definition) is 3. The third-order valence-corrected chi connectivity index (χ3v) is 5.74. The molecule has 0 saturated heterocycles. The average Bonchev–Trinajstić information content (AvgIpc) is 2.43. The fraction of sp³-hybridized carbons (Fsp3) is 0.700. The van der Waals surface area contributed by atoms with E-state index in [1.807, 2.05) is 26.8 Å². The maximum Gasteiger partial charge on any atom is 0.306 e. The Morgan fingerprint density at radius 2 is 2.13 bits per heavy atom. The van der Waals surface area contributed by atoms with Crippen molar-refractivity contribution in [2.75, 3.05) is 0 Å². The number of allylic oxidation sites excluding steroid dienone is 3. The van der Waals surface area contributed by atoms with E-state index < -0.39 is 0 Å². The highest BCUT2D eigenvalue weighted by Gasteiger charge is 2.48. The van der Waals surface area contributed by atoms with Crippen LogP contribution in [0.1, 0.15) is 60.3 Å². The minimum Gasteiger partial charge on any atom is -0.462 e. The van der Waals surface area contributed by atoms with Gasteiger partial charge in [0.25, 0.3) is 0 Å². The van der Waals surface area contributed by atoms with Crippen LogP contribution in [0.5, 0.6) is 0 Å². The molecule has 0 bridgehead atoms. The van der Waals surface area contributed by atoms with Crippen molar-refractivity contribution in [1.29, 1.82) is 0 Å². The molecule has 1 saturated carbocycles. The van der Waals surface area contributed by atoms with E-state index in [4.69, 9.17) is 4.74 Å². The summed E-state index contributed by atoms with van der Waals surface area (Å²) in [5, 5.41) is 0. The molecular weight excluding hydrogens is 288 g/mol. The van der Waals surface area contributed by atoms with Gasteiger partial charge < -0.3 is 4.74 Å². The van der Waals surface area contributed by atoms with Gasteiger partial charge >= 0.3 is 5.97 Å². The third-order valence-electron chi connectivity index (χ3n) is 5.74. The summed E-state index contributed by atoms with van der Waals surface area (Å²) in [7, 11) is 0. The highest BCUT2D eigenvalue weighted by Crippen LogP contribution is 2.53. The van der Waals surface area contributed by atoms with Gasteiger partial charge in [0, 0.05) is 18.3 Å². The second kappa shape index (κ2) is 6.62. The lowest BCUT2D eigenvalue weighted by Gasteiger charge is -2.49. The lowest BCUT2D eigenvalue weighted by atomic mass is 9.57. The minimum atomic E-state index is -0.101. The lowest BCUT2D eigenvalue weighted by molar-refractivity contribution is -0.157. The van der Waals surface area contributed by atoms with Crippen molar-refractivity contribution in [1.82, 2.24) is 0 Å². The molecule has 2 aliphatic rings. The minimum absolute atomic E-state index is 0.0534. The van der Waals surface area contributed by atoms with Crippen LogP contribution < -0.4 is 0 Å². The molecular formula is C20H30O3. The van der Waals surface area contributed by atoms with E-state index in [0.717, 1.165) is 24.8 Å². The van der Waals surface area contributed by atoms with Crippen LogP contribution in [0.15, 0.2) is 23.8 Å². The first-order valence-electron chi connectivity index (χ1n) is 8.75. The number of carbonyl (C=O) groups is 2. The average molecular weight is 318 g/mol. The molecule has 23 heavy (non-hydrogen) atoms. The van der Waals surface area contributed by atoms with Gasteiger partial charge in [-0.05, 0) is 43.6 Å². The predicted molar refractivity (Wildman–Crippen MR) is 91.9 cm³/mol. The molecule has 3 nitrogen and oxygen atoms in total. The standard InChI is InChI=1S/C20H30O3/c1-12(2)9-19(22)23-18-8-7-15-10-17(21)16(13(3)4)11-20(15,6)14(18)5/h10,12,14,16,18H,3,7-9,11H2,1-2,4-6H3/t14-,16-,18+,20+/m0/s1. The lowest BCUT2D eigenvalue weighted by Crippen LogP contribution is -2.46. The molecule has 3 heteroatoms. The Labute approximate surface area is 140 Å². The molecule has 2 aliphatic carbocycles. The van der Waals surface area contributed by atoms with Gasteiger partial charge in [-0.25, -0.2) is 0 Å². The number of rotatable bonds is 4. The van der Waals surface area contributed by atoms with Gasteiger partial charge in [0.05, 0.1) is 0 Å². The van der Waals surface area contributed by atoms with E-state index in [1.165, 1.54) is 5.57 Å². The van der Waals surface area contributed by atoms with Crippen molar-refractivity contribution >= 4 is 11.8 Å². The van der Waals surface area contributed by atoms with Crippen LogP contribution in [-0.2, 0) is 14.3 Å². The second-order valence-electron chi connectivity index (χ2n) is 8.05. The van der Waals surface area contributed by atoms with Crippen LogP contribution in [-0.4, -0.2) is 17.9 Å². The summed E-state index contributed by atoms with van der Waals surface area (Å²) >= 11 is 0. The Morgan fingerprint density at radius 1 is 1.48 bits per heavy atom. The quantitative estimate of drug-likeness (QED) is 0.567. The monoisotopic (exact) mass is 318 g/mol. The van der Waals surface area contributed by atoms with Gasteiger partial charge in [-0.2, -0.15) is 0 Å². The summed E-state index contributed by atoms with van der Waals surface area (Å²) in [5.74, 6) is 0.515. The fourth-order valence-electron chi connectivity index (χ4n) is 4.02. The summed E-state index contributed by atoms with van der Waals surface area (Å²) in [5.41, 5.74) is 2.07. The van der Waals surface area contributed by atoms with Crippen LogP contribution in [0, 0.1) is 23.2 Å². The Morgan fingerprint density at radius 3 is 2.70 bits per heavy atom. The molecule has 0 unspecified atom stereocenters. The summed E-state index contributed by atoms with van der Waals surface area (Å²) in [4.78, 5) is 24.3. The number of esters is 1. The first kappa shape index (κ1) is 18.0. The molecule has 128 valence electrons. The number of fused-ring (bicyclic) bond motifs is 1. The molecule has 4 atom stereocenters. The summed E-state index contributed by atoms with van der Waals surface area (Å²) in [6, 6.07) is 0. The number of ether oxygens (including phenoxy) is 1. The van der Waals surface area contributed by atoms with E-state index in [0.29, 0.717) is 12.3 Å². The van der Waals surface area contributed by atoms with Crippen LogP contribution in [0.25, 0.3) is 0 Å². The molecule has 0 aromatic carbocycles. The number of ketones is 1. The van der Waals surface area contributed by atoms with E-state index in [9.17, 15) is 9.59 Å². The van der Waals surface area contributed by atoms with Gasteiger partial charge in [0.2, 0.25) is 0 Å². The van der Waals surface area contributed by atoms with E-state index >= 15 is 0 Å². The highest BCUT2D eigenvalue weighted by atomic mass is 16.5. The van der Waals surface area contributed by atoms with E-state index in [-0.39, 0.29) is 35.1 Å². The maximum absolute atomic E-state index is 12.3. The SMILES string of the molecule is C=C(C)[C@@H]1C[C@@]2(C)C(=CC1=O)CC[C@@H](OC(=O)CC(C)C)[C@@H]2C. The van der Waals surface area contributed by atoms with Gasteiger partial charge in [-0.15, -0.1) is 0 Å². The van der Waals surface area contributed by atoms with Crippen molar-refractivity contribution < 1.29 is 14.3 Å². The molecule has 0 aromatic heterocycles. The fourth-order valence-corrected chi connectivity index (χ4v) is 4.02. The van der Waals surface area contributed by atoms with E-state index in [1.54, 1.807) is 0 Å². The maximum atomic E-state index is 12.3. The van der Waals surface area contributed by atoms with Crippen LogP contribution in [0.3, 0.4) is 0 Å². The smallest absolute Gasteiger partial charge is 0.306 e.